The minimum absolute atomic E-state index is 0.0216. The Kier molecular flexibility index (Phi) is 5.07. The van der Waals surface area contributed by atoms with Crippen LogP contribution in [-0.4, -0.2) is 24.0 Å². The second-order valence-corrected chi connectivity index (χ2v) is 7.14. The SMILES string of the molecule is COC[C@@H](C)S[C@H](C)c1ncc(C(C)(C)C)o1. The molecule has 0 aromatic carbocycles. The zero-order chi connectivity index (χ0) is 13.1. The zero-order valence-electron chi connectivity index (χ0n) is 11.6. The van der Waals surface area contributed by atoms with Crippen molar-refractivity contribution in [2.24, 2.45) is 0 Å². The summed E-state index contributed by atoms with van der Waals surface area (Å²) in [6, 6.07) is 0. The maximum absolute atomic E-state index is 5.82. The van der Waals surface area contributed by atoms with E-state index in [-0.39, 0.29) is 10.7 Å². The maximum Gasteiger partial charge on any atom is 0.207 e. The van der Waals surface area contributed by atoms with E-state index in [4.69, 9.17) is 9.15 Å². The van der Waals surface area contributed by atoms with E-state index in [1.54, 1.807) is 7.11 Å². The first-order chi connectivity index (χ1) is 7.84. The minimum atomic E-state index is 0.0216. The highest BCUT2D eigenvalue weighted by molar-refractivity contribution is 8.00. The monoisotopic (exact) mass is 257 g/mol. The molecule has 17 heavy (non-hydrogen) atoms. The Balaban J connectivity index is 2.64. The van der Waals surface area contributed by atoms with Crippen LogP contribution in [0.1, 0.15) is 51.5 Å². The molecule has 0 aliphatic heterocycles. The lowest BCUT2D eigenvalue weighted by molar-refractivity contribution is 0.202. The Labute approximate surface area is 108 Å². The van der Waals surface area contributed by atoms with Crippen LogP contribution in [0.25, 0.3) is 0 Å². The van der Waals surface area contributed by atoms with Gasteiger partial charge in [-0.25, -0.2) is 4.98 Å². The molecule has 1 rings (SSSR count). The molecule has 0 spiro atoms. The molecule has 0 bridgehead atoms. The van der Waals surface area contributed by atoms with E-state index >= 15 is 0 Å². The molecule has 1 aromatic heterocycles. The Morgan fingerprint density at radius 3 is 2.53 bits per heavy atom. The van der Waals surface area contributed by atoms with Gasteiger partial charge in [-0.3, -0.25) is 0 Å². The average molecular weight is 257 g/mol. The summed E-state index contributed by atoms with van der Waals surface area (Å²) >= 11 is 1.82. The third-order valence-electron chi connectivity index (χ3n) is 2.45. The summed E-state index contributed by atoms with van der Waals surface area (Å²) in [7, 11) is 1.73. The summed E-state index contributed by atoms with van der Waals surface area (Å²) in [6.07, 6.45) is 1.84. The quantitative estimate of drug-likeness (QED) is 0.803. The molecule has 4 heteroatoms. The summed E-state index contributed by atoms with van der Waals surface area (Å²) in [4.78, 5) is 4.37. The number of nitrogens with zero attached hydrogens (tertiary/aromatic N) is 1. The molecule has 0 saturated carbocycles. The van der Waals surface area contributed by atoms with E-state index in [9.17, 15) is 0 Å². The van der Waals surface area contributed by atoms with E-state index < -0.39 is 0 Å². The number of oxazole rings is 1. The fourth-order valence-electron chi connectivity index (χ4n) is 1.50. The van der Waals surface area contributed by atoms with E-state index in [0.717, 1.165) is 18.3 Å². The number of ether oxygens (including phenoxy) is 1. The van der Waals surface area contributed by atoms with E-state index in [1.807, 2.05) is 18.0 Å². The largest absolute Gasteiger partial charge is 0.444 e. The fraction of sp³-hybridized carbons (Fsp3) is 0.769. The van der Waals surface area contributed by atoms with Crippen LogP contribution < -0.4 is 0 Å². The molecule has 0 unspecified atom stereocenters. The van der Waals surface area contributed by atoms with Gasteiger partial charge in [0.1, 0.15) is 5.76 Å². The topological polar surface area (TPSA) is 35.3 Å². The molecule has 0 aliphatic carbocycles. The lowest BCUT2D eigenvalue weighted by atomic mass is 9.94. The second-order valence-electron chi connectivity index (χ2n) is 5.36. The minimum Gasteiger partial charge on any atom is -0.444 e. The third-order valence-corrected chi connectivity index (χ3v) is 3.66. The Bertz CT molecular complexity index is 343. The standard InChI is InChI=1S/C13H23NO2S/c1-9(8-15-6)17-10(2)12-14-7-11(16-12)13(3,4)5/h7,9-10H,8H2,1-6H3/t9-,10-/m1/s1. The van der Waals surface area contributed by atoms with Crippen molar-refractivity contribution in [3.63, 3.8) is 0 Å². The zero-order valence-corrected chi connectivity index (χ0v) is 12.4. The van der Waals surface area contributed by atoms with Crippen LogP contribution in [-0.2, 0) is 10.2 Å². The van der Waals surface area contributed by atoms with Gasteiger partial charge in [0.05, 0.1) is 18.1 Å². The molecule has 0 saturated heterocycles. The van der Waals surface area contributed by atoms with Gasteiger partial charge in [0.15, 0.2) is 0 Å². The summed E-state index contributed by atoms with van der Waals surface area (Å²) in [6.45, 7) is 11.4. The predicted molar refractivity (Wildman–Crippen MR) is 72.5 cm³/mol. The van der Waals surface area contributed by atoms with Crippen molar-refractivity contribution in [1.29, 1.82) is 0 Å². The summed E-state index contributed by atoms with van der Waals surface area (Å²) in [5.74, 6) is 1.75. The number of aromatic nitrogens is 1. The third kappa shape index (κ3) is 4.36. The highest BCUT2D eigenvalue weighted by Gasteiger charge is 2.22. The van der Waals surface area contributed by atoms with Crippen LogP contribution in [0.3, 0.4) is 0 Å². The van der Waals surface area contributed by atoms with Crippen LogP contribution in [0, 0.1) is 0 Å². The van der Waals surface area contributed by atoms with Crippen LogP contribution in [0.5, 0.6) is 0 Å². The number of thioether (sulfide) groups is 1. The van der Waals surface area contributed by atoms with Gasteiger partial charge in [-0.2, -0.15) is 0 Å². The molecular formula is C13H23NO2S. The smallest absolute Gasteiger partial charge is 0.207 e. The van der Waals surface area contributed by atoms with Gasteiger partial charge in [-0.05, 0) is 6.92 Å². The molecule has 0 radical (unpaired) electrons. The first-order valence-corrected chi connectivity index (χ1v) is 6.89. The van der Waals surface area contributed by atoms with Crippen LogP contribution in [0.15, 0.2) is 10.6 Å². The number of hydrogen-bond acceptors (Lipinski definition) is 4. The highest BCUT2D eigenvalue weighted by Crippen LogP contribution is 2.33. The van der Waals surface area contributed by atoms with E-state index in [0.29, 0.717) is 5.25 Å². The van der Waals surface area contributed by atoms with Gasteiger partial charge in [0.2, 0.25) is 5.89 Å². The predicted octanol–water partition coefficient (Wildman–Crippen LogP) is 3.80. The van der Waals surface area contributed by atoms with Crippen molar-refractivity contribution in [3.05, 3.63) is 17.8 Å². The van der Waals surface area contributed by atoms with Crippen molar-refractivity contribution in [3.8, 4) is 0 Å². The average Bonchev–Trinajstić information content (AvgIpc) is 2.65. The van der Waals surface area contributed by atoms with Gasteiger partial charge in [0, 0.05) is 17.8 Å². The normalized spacial score (nSPS) is 15.9. The van der Waals surface area contributed by atoms with Gasteiger partial charge < -0.3 is 9.15 Å². The molecule has 0 amide bonds. The van der Waals surface area contributed by atoms with E-state index in [1.165, 1.54) is 0 Å². The van der Waals surface area contributed by atoms with Crippen LogP contribution >= 0.6 is 11.8 Å². The molecule has 0 fully saturated rings. The van der Waals surface area contributed by atoms with Gasteiger partial charge in [-0.15, -0.1) is 11.8 Å². The van der Waals surface area contributed by atoms with Crippen molar-refractivity contribution in [2.45, 2.75) is 50.5 Å². The van der Waals surface area contributed by atoms with Crippen LogP contribution in [0.2, 0.25) is 0 Å². The lowest BCUT2D eigenvalue weighted by Crippen LogP contribution is -2.09. The van der Waals surface area contributed by atoms with Crippen molar-refractivity contribution >= 4 is 11.8 Å². The number of rotatable bonds is 5. The first kappa shape index (κ1) is 14.6. The fourth-order valence-corrected chi connectivity index (χ4v) is 2.64. The van der Waals surface area contributed by atoms with Gasteiger partial charge in [0.25, 0.3) is 0 Å². The van der Waals surface area contributed by atoms with Gasteiger partial charge in [-0.1, -0.05) is 27.7 Å². The Morgan fingerprint density at radius 2 is 2.06 bits per heavy atom. The molecular weight excluding hydrogens is 234 g/mol. The van der Waals surface area contributed by atoms with Gasteiger partial charge >= 0.3 is 0 Å². The lowest BCUT2D eigenvalue weighted by Gasteiger charge is -2.15. The number of hydrogen-bond donors (Lipinski definition) is 0. The van der Waals surface area contributed by atoms with Crippen molar-refractivity contribution in [1.82, 2.24) is 4.98 Å². The first-order valence-electron chi connectivity index (χ1n) is 5.95. The summed E-state index contributed by atoms with van der Waals surface area (Å²) < 4.78 is 10.9. The Hall–Kier alpha value is -0.480. The molecule has 2 atom stereocenters. The van der Waals surface area contributed by atoms with Crippen molar-refractivity contribution < 1.29 is 9.15 Å². The van der Waals surface area contributed by atoms with Crippen molar-refractivity contribution in [2.75, 3.05) is 13.7 Å². The second kappa shape index (κ2) is 5.91. The molecule has 0 N–H and O–H groups in total. The van der Waals surface area contributed by atoms with Crippen LogP contribution in [0.4, 0.5) is 0 Å². The highest BCUT2D eigenvalue weighted by atomic mass is 32.2. The summed E-state index contributed by atoms with van der Waals surface area (Å²) in [5, 5.41) is 0.705. The molecule has 98 valence electrons. The molecule has 0 aliphatic rings. The molecule has 1 heterocycles. The molecule has 1 aromatic rings. The number of methoxy groups -OCH3 is 1. The maximum atomic E-state index is 5.82. The van der Waals surface area contributed by atoms with E-state index in [2.05, 4.69) is 39.6 Å². The Morgan fingerprint density at radius 1 is 1.41 bits per heavy atom. The molecule has 3 nitrogen and oxygen atoms in total. The summed E-state index contributed by atoms with van der Waals surface area (Å²) in [5.41, 5.74) is 0.0216.